The third-order valence-corrected chi connectivity index (χ3v) is 6.01. The van der Waals surface area contributed by atoms with Gasteiger partial charge >= 0.3 is 0 Å². The van der Waals surface area contributed by atoms with Crippen LogP contribution in [0.25, 0.3) is 0 Å². The zero-order chi connectivity index (χ0) is 20.4. The number of fused-ring (bicyclic) bond motifs is 2. The molecule has 0 bridgehead atoms. The van der Waals surface area contributed by atoms with Crippen LogP contribution in [-0.2, 0) is 13.0 Å². The number of amides is 1. The van der Waals surface area contributed by atoms with E-state index in [1.54, 1.807) is 12.1 Å². The summed E-state index contributed by atoms with van der Waals surface area (Å²) in [6.45, 7) is 7.87. The predicted octanol–water partition coefficient (Wildman–Crippen LogP) is 4.07. The van der Waals surface area contributed by atoms with Gasteiger partial charge < -0.3 is 14.8 Å². The lowest BCUT2D eigenvalue weighted by Gasteiger charge is -2.41. The van der Waals surface area contributed by atoms with Gasteiger partial charge in [-0.05, 0) is 43.5 Å². The Balaban J connectivity index is 1.43. The number of carbonyl (C=O) groups is 1. The maximum Gasteiger partial charge on any atom is 0.251 e. The van der Waals surface area contributed by atoms with Crippen LogP contribution in [-0.4, -0.2) is 42.6 Å². The number of benzene rings is 2. The van der Waals surface area contributed by atoms with E-state index in [0.29, 0.717) is 41.8 Å². The summed E-state index contributed by atoms with van der Waals surface area (Å²) in [6, 6.07) is 11.9. The average Bonchev–Trinajstić information content (AvgIpc) is 2.97. The molecular formula is C23H27ClN2O3. The Labute approximate surface area is 176 Å². The van der Waals surface area contributed by atoms with Gasteiger partial charge in [0.25, 0.3) is 5.91 Å². The lowest BCUT2D eigenvalue weighted by atomic mass is 9.94. The maximum atomic E-state index is 12.8. The van der Waals surface area contributed by atoms with Gasteiger partial charge in [0.15, 0.2) is 11.5 Å². The average molecular weight is 415 g/mol. The fourth-order valence-electron chi connectivity index (χ4n) is 3.88. The van der Waals surface area contributed by atoms with Crippen LogP contribution < -0.4 is 14.8 Å². The minimum atomic E-state index is -0.168. The second kappa shape index (κ2) is 8.25. The van der Waals surface area contributed by atoms with Gasteiger partial charge in [0.1, 0.15) is 0 Å². The van der Waals surface area contributed by atoms with Gasteiger partial charge in [-0.15, -0.1) is 0 Å². The molecule has 0 unspecified atom stereocenters. The van der Waals surface area contributed by atoms with Crippen molar-refractivity contribution in [2.24, 2.45) is 0 Å². The van der Waals surface area contributed by atoms with E-state index in [0.717, 1.165) is 25.9 Å². The lowest BCUT2D eigenvalue weighted by molar-refractivity contribution is 0.0826. The molecule has 154 valence electrons. The number of ether oxygens (including phenoxy) is 2. The Hall–Kier alpha value is -2.24. The summed E-state index contributed by atoms with van der Waals surface area (Å²) in [6.07, 6.45) is 1.82. The van der Waals surface area contributed by atoms with Crippen molar-refractivity contribution in [2.75, 3.05) is 26.3 Å². The normalized spacial score (nSPS) is 16.7. The van der Waals surface area contributed by atoms with Gasteiger partial charge in [-0.1, -0.05) is 35.9 Å². The van der Waals surface area contributed by atoms with Crippen molar-refractivity contribution in [3.63, 3.8) is 0 Å². The van der Waals surface area contributed by atoms with Crippen molar-refractivity contribution < 1.29 is 14.3 Å². The summed E-state index contributed by atoms with van der Waals surface area (Å²) in [5.74, 6) is 0.896. The van der Waals surface area contributed by atoms with Crippen molar-refractivity contribution in [1.29, 1.82) is 0 Å². The van der Waals surface area contributed by atoms with Crippen molar-refractivity contribution >= 4 is 17.5 Å². The second-order valence-electron chi connectivity index (χ2n) is 8.27. The molecule has 29 heavy (non-hydrogen) atoms. The summed E-state index contributed by atoms with van der Waals surface area (Å²) in [7, 11) is 0. The van der Waals surface area contributed by atoms with E-state index in [1.165, 1.54) is 11.1 Å². The molecule has 0 aliphatic carbocycles. The second-order valence-corrected chi connectivity index (χ2v) is 8.68. The van der Waals surface area contributed by atoms with Crippen molar-refractivity contribution in [3.8, 4) is 11.5 Å². The SMILES string of the molecule is CC(C)(CNC(=O)c1cc(Cl)c2c(c1)OCCCO2)N1CCc2ccccc2C1. The van der Waals surface area contributed by atoms with Crippen LogP contribution in [0.15, 0.2) is 36.4 Å². The molecule has 2 heterocycles. The molecule has 4 rings (SSSR count). The van der Waals surface area contributed by atoms with Gasteiger partial charge in [0.05, 0.1) is 18.2 Å². The largest absolute Gasteiger partial charge is 0.489 e. The smallest absolute Gasteiger partial charge is 0.251 e. The summed E-state index contributed by atoms with van der Waals surface area (Å²) >= 11 is 6.33. The molecule has 1 N–H and O–H groups in total. The highest BCUT2D eigenvalue weighted by Crippen LogP contribution is 2.38. The first kappa shape index (κ1) is 20.0. The molecule has 0 radical (unpaired) electrons. The van der Waals surface area contributed by atoms with Gasteiger partial charge in [0.2, 0.25) is 0 Å². The first-order valence-corrected chi connectivity index (χ1v) is 10.5. The van der Waals surface area contributed by atoms with Gasteiger partial charge in [-0.25, -0.2) is 0 Å². The van der Waals surface area contributed by atoms with Gasteiger partial charge in [-0.3, -0.25) is 9.69 Å². The van der Waals surface area contributed by atoms with Crippen molar-refractivity contribution in [3.05, 3.63) is 58.1 Å². The summed E-state index contributed by atoms with van der Waals surface area (Å²) in [4.78, 5) is 15.2. The molecule has 0 atom stereocenters. The highest BCUT2D eigenvalue weighted by atomic mass is 35.5. The number of hydrogen-bond acceptors (Lipinski definition) is 4. The zero-order valence-corrected chi connectivity index (χ0v) is 17.7. The number of nitrogens with one attached hydrogen (secondary N) is 1. The Bertz CT molecular complexity index is 913. The number of nitrogens with zero attached hydrogens (tertiary/aromatic N) is 1. The van der Waals surface area contributed by atoms with E-state index in [-0.39, 0.29) is 11.4 Å². The quantitative estimate of drug-likeness (QED) is 0.819. The molecule has 2 aliphatic rings. The molecule has 0 fully saturated rings. The summed E-state index contributed by atoms with van der Waals surface area (Å²) in [5.41, 5.74) is 3.11. The standard InChI is InChI=1S/C23H27ClN2O3/c1-23(2,26-9-8-16-6-3-4-7-17(16)14-26)15-25-22(27)18-12-19(24)21-20(13-18)28-10-5-11-29-21/h3-4,6-7,12-13H,5,8-11,14-15H2,1-2H3,(H,25,27). The summed E-state index contributed by atoms with van der Waals surface area (Å²) in [5, 5.41) is 3.48. The molecule has 0 spiro atoms. The van der Waals surface area contributed by atoms with E-state index in [9.17, 15) is 4.79 Å². The van der Waals surface area contributed by atoms with E-state index in [4.69, 9.17) is 21.1 Å². The van der Waals surface area contributed by atoms with Crippen LogP contribution >= 0.6 is 11.6 Å². The van der Waals surface area contributed by atoms with Gasteiger partial charge in [-0.2, -0.15) is 0 Å². The molecule has 2 aromatic carbocycles. The topological polar surface area (TPSA) is 50.8 Å². The molecule has 2 aromatic rings. The zero-order valence-electron chi connectivity index (χ0n) is 17.0. The van der Waals surface area contributed by atoms with Crippen LogP contribution in [0.3, 0.4) is 0 Å². The maximum absolute atomic E-state index is 12.8. The molecule has 0 saturated carbocycles. The molecule has 2 aliphatic heterocycles. The molecular weight excluding hydrogens is 388 g/mol. The Morgan fingerprint density at radius 3 is 2.76 bits per heavy atom. The van der Waals surface area contributed by atoms with Crippen LogP contribution in [0.4, 0.5) is 0 Å². The van der Waals surface area contributed by atoms with Gasteiger partial charge in [0, 0.05) is 37.2 Å². The first-order chi connectivity index (χ1) is 13.9. The first-order valence-electron chi connectivity index (χ1n) is 10.1. The third-order valence-electron chi connectivity index (χ3n) is 5.73. The number of rotatable bonds is 4. The molecule has 5 nitrogen and oxygen atoms in total. The fraction of sp³-hybridized carbons (Fsp3) is 0.435. The highest BCUT2D eigenvalue weighted by molar-refractivity contribution is 6.32. The Morgan fingerprint density at radius 2 is 1.93 bits per heavy atom. The predicted molar refractivity (Wildman–Crippen MR) is 114 cm³/mol. The number of carbonyl (C=O) groups excluding carboxylic acids is 1. The highest BCUT2D eigenvalue weighted by Gasteiger charge is 2.30. The van der Waals surface area contributed by atoms with Crippen LogP contribution in [0.1, 0.15) is 41.8 Å². The molecule has 0 aromatic heterocycles. The third kappa shape index (κ3) is 4.36. The van der Waals surface area contributed by atoms with Crippen molar-refractivity contribution in [1.82, 2.24) is 10.2 Å². The minimum absolute atomic E-state index is 0.159. The lowest BCUT2D eigenvalue weighted by Crippen LogP contribution is -2.53. The number of halogens is 1. The summed E-state index contributed by atoms with van der Waals surface area (Å²) < 4.78 is 11.3. The molecule has 6 heteroatoms. The van der Waals surface area contributed by atoms with E-state index in [2.05, 4.69) is 48.3 Å². The fourth-order valence-corrected chi connectivity index (χ4v) is 4.15. The van der Waals surface area contributed by atoms with Crippen LogP contribution in [0.2, 0.25) is 5.02 Å². The minimum Gasteiger partial charge on any atom is -0.489 e. The monoisotopic (exact) mass is 414 g/mol. The molecule has 1 amide bonds. The molecule has 0 saturated heterocycles. The Morgan fingerprint density at radius 1 is 1.17 bits per heavy atom. The van der Waals surface area contributed by atoms with Crippen LogP contribution in [0, 0.1) is 0 Å². The van der Waals surface area contributed by atoms with E-state index < -0.39 is 0 Å². The van der Waals surface area contributed by atoms with E-state index >= 15 is 0 Å². The Kier molecular flexibility index (Phi) is 5.70. The van der Waals surface area contributed by atoms with Crippen LogP contribution in [0.5, 0.6) is 11.5 Å². The van der Waals surface area contributed by atoms with Crippen molar-refractivity contribution in [2.45, 2.75) is 38.8 Å². The number of hydrogen-bond donors (Lipinski definition) is 1. The van der Waals surface area contributed by atoms with E-state index in [1.807, 2.05) is 0 Å².